The SMILES string of the molecule is CC(C)CCNS(=O)(=O)c1ccc(NC(=O)NCC(C)C)cc1. The van der Waals surface area contributed by atoms with E-state index >= 15 is 0 Å². The summed E-state index contributed by atoms with van der Waals surface area (Å²) >= 11 is 0. The number of anilines is 1. The number of hydrogen-bond donors (Lipinski definition) is 3. The zero-order valence-electron chi connectivity index (χ0n) is 14.2. The molecule has 0 atom stereocenters. The van der Waals surface area contributed by atoms with E-state index in [1.807, 2.05) is 27.7 Å². The summed E-state index contributed by atoms with van der Waals surface area (Å²) in [6.07, 6.45) is 0.787. The molecular formula is C16H27N3O3S. The lowest BCUT2D eigenvalue weighted by Gasteiger charge is -2.11. The Balaban J connectivity index is 2.60. The molecule has 3 N–H and O–H groups in total. The molecule has 6 nitrogen and oxygen atoms in total. The Morgan fingerprint density at radius 2 is 1.65 bits per heavy atom. The quantitative estimate of drug-likeness (QED) is 0.679. The normalized spacial score (nSPS) is 11.7. The fourth-order valence-corrected chi connectivity index (χ4v) is 2.80. The molecule has 0 radical (unpaired) electrons. The van der Waals surface area contributed by atoms with Crippen molar-refractivity contribution in [3.63, 3.8) is 0 Å². The number of amides is 2. The van der Waals surface area contributed by atoms with Crippen LogP contribution >= 0.6 is 0 Å². The van der Waals surface area contributed by atoms with Gasteiger partial charge in [0.1, 0.15) is 0 Å². The summed E-state index contributed by atoms with van der Waals surface area (Å²) in [7, 11) is -3.50. The molecule has 0 aliphatic carbocycles. The van der Waals surface area contributed by atoms with Gasteiger partial charge in [-0.15, -0.1) is 0 Å². The predicted octanol–water partition coefficient (Wildman–Crippen LogP) is 2.79. The lowest BCUT2D eigenvalue weighted by atomic mass is 10.1. The molecule has 0 saturated heterocycles. The number of rotatable bonds is 8. The summed E-state index contributed by atoms with van der Waals surface area (Å²) in [4.78, 5) is 11.8. The highest BCUT2D eigenvalue weighted by Gasteiger charge is 2.13. The van der Waals surface area contributed by atoms with Gasteiger partial charge in [0.2, 0.25) is 10.0 Å². The molecule has 0 aromatic heterocycles. The van der Waals surface area contributed by atoms with Crippen molar-refractivity contribution >= 4 is 21.7 Å². The molecule has 7 heteroatoms. The van der Waals surface area contributed by atoms with Gasteiger partial charge >= 0.3 is 6.03 Å². The van der Waals surface area contributed by atoms with Crippen molar-refractivity contribution in [1.82, 2.24) is 10.0 Å². The summed E-state index contributed by atoms with van der Waals surface area (Å²) in [5.41, 5.74) is 0.549. The van der Waals surface area contributed by atoms with Crippen LogP contribution in [0.5, 0.6) is 0 Å². The second-order valence-electron chi connectivity index (χ2n) is 6.33. The third-order valence-corrected chi connectivity index (χ3v) is 4.58. The average Bonchev–Trinajstić information content (AvgIpc) is 2.45. The van der Waals surface area contributed by atoms with Crippen LogP contribution in [0.25, 0.3) is 0 Å². The fraction of sp³-hybridized carbons (Fsp3) is 0.562. The highest BCUT2D eigenvalue weighted by Crippen LogP contribution is 2.14. The minimum Gasteiger partial charge on any atom is -0.338 e. The van der Waals surface area contributed by atoms with Crippen LogP contribution in [0.1, 0.15) is 34.1 Å². The van der Waals surface area contributed by atoms with Crippen molar-refractivity contribution in [3.8, 4) is 0 Å². The first-order valence-electron chi connectivity index (χ1n) is 7.85. The Morgan fingerprint density at radius 1 is 1.04 bits per heavy atom. The van der Waals surface area contributed by atoms with Crippen LogP contribution in [0.15, 0.2) is 29.2 Å². The van der Waals surface area contributed by atoms with E-state index in [4.69, 9.17) is 0 Å². The van der Waals surface area contributed by atoms with E-state index in [-0.39, 0.29) is 10.9 Å². The van der Waals surface area contributed by atoms with E-state index in [1.54, 1.807) is 12.1 Å². The zero-order valence-corrected chi connectivity index (χ0v) is 15.0. The van der Waals surface area contributed by atoms with Crippen molar-refractivity contribution in [2.24, 2.45) is 11.8 Å². The van der Waals surface area contributed by atoms with Crippen molar-refractivity contribution in [2.45, 2.75) is 39.0 Å². The zero-order chi connectivity index (χ0) is 17.5. The molecule has 23 heavy (non-hydrogen) atoms. The number of hydrogen-bond acceptors (Lipinski definition) is 3. The molecular weight excluding hydrogens is 314 g/mol. The van der Waals surface area contributed by atoms with Crippen LogP contribution in [0.2, 0.25) is 0 Å². The van der Waals surface area contributed by atoms with Crippen molar-refractivity contribution in [2.75, 3.05) is 18.4 Å². The third-order valence-electron chi connectivity index (χ3n) is 3.11. The monoisotopic (exact) mass is 341 g/mol. The maximum atomic E-state index is 12.1. The van der Waals surface area contributed by atoms with Crippen LogP contribution in [0, 0.1) is 11.8 Å². The Hall–Kier alpha value is -1.60. The molecule has 1 rings (SSSR count). The summed E-state index contributed by atoms with van der Waals surface area (Å²) in [5, 5.41) is 5.40. The highest BCUT2D eigenvalue weighted by molar-refractivity contribution is 7.89. The van der Waals surface area contributed by atoms with Crippen LogP contribution in [-0.4, -0.2) is 27.5 Å². The molecule has 1 aromatic carbocycles. The molecule has 0 saturated carbocycles. The third kappa shape index (κ3) is 7.47. The largest absolute Gasteiger partial charge is 0.338 e. The van der Waals surface area contributed by atoms with Gasteiger partial charge < -0.3 is 10.6 Å². The van der Waals surface area contributed by atoms with Crippen LogP contribution in [-0.2, 0) is 10.0 Å². The van der Waals surface area contributed by atoms with Gasteiger partial charge in [-0.1, -0.05) is 27.7 Å². The van der Waals surface area contributed by atoms with Gasteiger partial charge in [-0.05, 0) is 42.5 Å². The highest BCUT2D eigenvalue weighted by atomic mass is 32.2. The maximum Gasteiger partial charge on any atom is 0.319 e. The van der Waals surface area contributed by atoms with Gasteiger partial charge in [0.05, 0.1) is 4.90 Å². The van der Waals surface area contributed by atoms with E-state index in [0.29, 0.717) is 30.6 Å². The first kappa shape index (κ1) is 19.4. The van der Waals surface area contributed by atoms with E-state index in [1.165, 1.54) is 12.1 Å². The molecule has 0 unspecified atom stereocenters. The summed E-state index contributed by atoms with van der Waals surface area (Å²) in [6.45, 7) is 9.09. The standard InChI is InChI=1S/C16H27N3O3S/c1-12(2)9-10-18-23(21,22)15-7-5-14(6-8-15)19-16(20)17-11-13(3)4/h5-8,12-13,18H,9-11H2,1-4H3,(H2,17,19,20). The molecule has 0 bridgehead atoms. The average molecular weight is 341 g/mol. The van der Waals surface area contributed by atoms with E-state index < -0.39 is 10.0 Å². The number of sulfonamides is 1. The molecule has 0 heterocycles. The van der Waals surface area contributed by atoms with Gasteiger partial charge in [-0.2, -0.15) is 0 Å². The second-order valence-corrected chi connectivity index (χ2v) is 8.10. The van der Waals surface area contributed by atoms with Gasteiger partial charge in [0.25, 0.3) is 0 Å². The van der Waals surface area contributed by atoms with Crippen LogP contribution < -0.4 is 15.4 Å². The smallest absolute Gasteiger partial charge is 0.319 e. The minimum absolute atomic E-state index is 0.189. The first-order valence-corrected chi connectivity index (χ1v) is 9.33. The second kappa shape index (κ2) is 8.88. The Labute approximate surface area is 139 Å². The molecule has 130 valence electrons. The number of carbonyl (C=O) groups excluding carboxylic acids is 1. The number of benzene rings is 1. The topological polar surface area (TPSA) is 87.3 Å². The van der Waals surface area contributed by atoms with E-state index in [0.717, 1.165) is 6.42 Å². The van der Waals surface area contributed by atoms with Crippen LogP contribution in [0.3, 0.4) is 0 Å². The number of carbonyl (C=O) groups is 1. The predicted molar refractivity (Wildman–Crippen MR) is 92.9 cm³/mol. The van der Waals surface area contributed by atoms with E-state index in [2.05, 4.69) is 15.4 Å². The van der Waals surface area contributed by atoms with Gasteiger partial charge in [0, 0.05) is 18.8 Å². The van der Waals surface area contributed by atoms with Crippen LogP contribution in [0.4, 0.5) is 10.5 Å². The summed E-state index contributed by atoms with van der Waals surface area (Å²) in [5.74, 6) is 0.804. The molecule has 0 aliphatic rings. The van der Waals surface area contributed by atoms with Gasteiger partial charge in [-0.25, -0.2) is 17.9 Å². The Kier molecular flexibility index (Phi) is 7.51. The van der Waals surface area contributed by atoms with Crippen molar-refractivity contribution < 1.29 is 13.2 Å². The Morgan fingerprint density at radius 3 is 2.17 bits per heavy atom. The first-order chi connectivity index (χ1) is 10.7. The number of urea groups is 1. The molecule has 1 aromatic rings. The summed E-state index contributed by atoms with van der Waals surface area (Å²) < 4.78 is 26.8. The molecule has 0 aliphatic heterocycles. The van der Waals surface area contributed by atoms with Crippen molar-refractivity contribution in [3.05, 3.63) is 24.3 Å². The van der Waals surface area contributed by atoms with Crippen molar-refractivity contribution in [1.29, 1.82) is 0 Å². The molecule has 2 amide bonds. The van der Waals surface area contributed by atoms with Gasteiger partial charge in [-0.3, -0.25) is 0 Å². The molecule has 0 spiro atoms. The lowest BCUT2D eigenvalue weighted by molar-refractivity contribution is 0.251. The van der Waals surface area contributed by atoms with Gasteiger partial charge in [0.15, 0.2) is 0 Å². The maximum absolute atomic E-state index is 12.1. The van der Waals surface area contributed by atoms with E-state index in [9.17, 15) is 13.2 Å². The molecule has 0 fully saturated rings. The lowest BCUT2D eigenvalue weighted by Crippen LogP contribution is -2.31. The Bertz CT molecular complexity index is 596. The number of nitrogens with one attached hydrogen (secondary N) is 3. The fourth-order valence-electron chi connectivity index (χ4n) is 1.75. The minimum atomic E-state index is -3.50. The summed E-state index contributed by atoms with van der Waals surface area (Å²) in [6, 6.07) is 5.81.